The number of para-hydroxylation sites is 1. The van der Waals surface area contributed by atoms with Gasteiger partial charge in [-0.05, 0) is 35.7 Å². The van der Waals surface area contributed by atoms with Gasteiger partial charge in [0.1, 0.15) is 11.3 Å². The van der Waals surface area contributed by atoms with E-state index < -0.39 is 28.6 Å². The molecule has 8 heteroatoms. The third-order valence-corrected chi connectivity index (χ3v) is 5.17. The highest BCUT2D eigenvalue weighted by Gasteiger charge is 2.29. The summed E-state index contributed by atoms with van der Waals surface area (Å²) in [7, 11) is 2.73. The lowest BCUT2D eigenvalue weighted by atomic mass is 9.92. The van der Waals surface area contributed by atoms with Gasteiger partial charge < -0.3 is 24.0 Å². The number of benzene rings is 2. The molecular formula is C23H19NO7. The normalized spacial score (nSPS) is 12.1. The van der Waals surface area contributed by atoms with Gasteiger partial charge in [-0.2, -0.15) is 0 Å². The van der Waals surface area contributed by atoms with Crippen LogP contribution in [0.15, 0.2) is 62.5 Å². The second kappa shape index (κ2) is 7.98. The van der Waals surface area contributed by atoms with Gasteiger partial charge in [0, 0.05) is 11.6 Å². The molecule has 0 aliphatic heterocycles. The van der Waals surface area contributed by atoms with Gasteiger partial charge in [0.25, 0.3) is 5.56 Å². The number of carbonyl (C=O) groups excluding carboxylic acids is 1. The highest BCUT2D eigenvalue weighted by atomic mass is 16.5. The number of esters is 1. The molecule has 0 saturated carbocycles. The van der Waals surface area contributed by atoms with Gasteiger partial charge in [-0.1, -0.05) is 12.1 Å². The summed E-state index contributed by atoms with van der Waals surface area (Å²) in [6, 6.07) is 13.2. The van der Waals surface area contributed by atoms with Crippen LogP contribution >= 0.6 is 0 Å². The summed E-state index contributed by atoms with van der Waals surface area (Å²) >= 11 is 0. The Bertz CT molecular complexity index is 1420. The largest absolute Gasteiger partial charge is 0.502 e. The first-order valence-corrected chi connectivity index (χ1v) is 9.45. The van der Waals surface area contributed by atoms with Crippen molar-refractivity contribution >= 4 is 27.8 Å². The lowest BCUT2D eigenvalue weighted by Crippen LogP contribution is -2.21. The van der Waals surface area contributed by atoms with Crippen LogP contribution in [0.1, 0.15) is 23.7 Å². The Morgan fingerprint density at radius 3 is 2.65 bits per heavy atom. The summed E-state index contributed by atoms with van der Waals surface area (Å²) in [5, 5.41) is 11.5. The number of hydrogen-bond donors (Lipinski definition) is 2. The maximum atomic E-state index is 12.9. The molecule has 0 aliphatic carbocycles. The molecule has 158 valence electrons. The van der Waals surface area contributed by atoms with Gasteiger partial charge in [-0.3, -0.25) is 14.4 Å². The van der Waals surface area contributed by atoms with Crippen LogP contribution in [0.25, 0.3) is 21.9 Å². The summed E-state index contributed by atoms with van der Waals surface area (Å²) in [5.74, 6) is -1.93. The Balaban J connectivity index is 1.96. The van der Waals surface area contributed by atoms with Crippen LogP contribution in [0, 0.1) is 0 Å². The number of rotatable bonds is 5. The van der Waals surface area contributed by atoms with Gasteiger partial charge in [0.05, 0.1) is 37.5 Å². The van der Waals surface area contributed by atoms with Crippen LogP contribution in [-0.2, 0) is 9.53 Å². The number of H-pyrrole nitrogens is 1. The van der Waals surface area contributed by atoms with Gasteiger partial charge in [-0.15, -0.1) is 0 Å². The molecule has 0 radical (unpaired) electrons. The number of aromatic nitrogens is 1. The third kappa shape index (κ3) is 3.63. The number of fused-ring (bicyclic) bond motifs is 2. The number of aromatic hydroxyl groups is 1. The molecule has 2 heterocycles. The maximum absolute atomic E-state index is 12.9. The van der Waals surface area contributed by atoms with Gasteiger partial charge >= 0.3 is 5.97 Å². The van der Waals surface area contributed by atoms with Crippen molar-refractivity contribution in [2.45, 2.75) is 12.3 Å². The Kier molecular flexibility index (Phi) is 5.21. The average Bonchev–Trinajstić information content (AvgIpc) is 2.79. The van der Waals surface area contributed by atoms with Crippen molar-refractivity contribution in [2.75, 3.05) is 14.2 Å². The molecule has 1 atom stereocenters. The van der Waals surface area contributed by atoms with Crippen LogP contribution in [0.5, 0.6) is 11.5 Å². The van der Waals surface area contributed by atoms with Gasteiger partial charge in [-0.25, -0.2) is 0 Å². The molecule has 8 nitrogen and oxygen atoms in total. The van der Waals surface area contributed by atoms with Crippen molar-refractivity contribution in [2.24, 2.45) is 0 Å². The number of carbonyl (C=O) groups is 1. The Labute approximate surface area is 175 Å². The molecule has 2 N–H and O–H groups in total. The summed E-state index contributed by atoms with van der Waals surface area (Å²) in [5.41, 5.74) is -0.221. The smallest absolute Gasteiger partial charge is 0.306 e. The van der Waals surface area contributed by atoms with E-state index in [0.717, 1.165) is 0 Å². The Morgan fingerprint density at radius 2 is 1.90 bits per heavy atom. The fourth-order valence-corrected chi connectivity index (χ4v) is 3.56. The molecule has 0 bridgehead atoms. The first kappa shape index (κ1) is 20.2. The van der Waals surface area contributed by atoms with Crippen molar-refractivity contribution in [1.29, 1.82) is 0 Å². The van der Waals surface area contributed by atoms with E-state index in [1.54, 1.807) is 42.5 Å². The van der Waals surface area contributed by atoms with E-state index in [9.17, 15) is 19.5 Å². The zero-order valence-electron chi connectivity index (χ0n) is 16.8. The highest BCUT2D eigenvalue weighted by Crippen LogP contribution is 2.34. The first-order valence-electron chi connectivity index (χ1n) is 9.45. The highest BCUT2D eigenvalue weighted by molar-refractivity contribution is 5.82. The number of pyridine rings is 1. The van der Waals surface area contributed by atoms with E-state index in [1.807, 2.05) is 0 Å². The molecule has 0 aliphatic rings. The Morgan fingerprint density at radius 1 is 1.13 bits per heavy atom. The van der Waals surface area contributed by atoms with Crippen molar-refractivity contribution in [1.82, 2.24) is 4.98 Å². The molecule has 0 saturated heterocycles. The van der Waals surface area contributed by atoms with E-state index in [4.69, 9.17) is 13.9 Å². The maximum Gasteiger partial charge on any atom is 0.306 e. The summed E-state index contributed by atoms with van der Waals surface area (Å²) < 4.78 is 15.8. The van der Waals surface area contributed by atoms with Crippen molar-refractivity contribution in [3.8, 4) is 11.5 Å². The van der Waals surface area contributed by atoms with E-state index >= 15 is 0 Å². The van der Waals surface area contributed by atoms with Crippen molar-refractivity contribution in [3.05, 3.63) is 80.4 Å². The SMILES string of the molecule is COC(=O)C[C@@H](c1oc2ccccc2c(=O)c1O)c1cc2ccc(OC)cc2[nH]c1=O. The van der Waals surface area contributed by atoms with Crippen LogP contribution in [0.4, 0.5) is 0 Å². The quantitative estimate of drug-likeness (QED) is 0.475. The molecule has 0 spiro atoms. The fraction of sp³-hybridized carbons (Fsp3) is 0.174. The Hall–Kier alpha value is -4.07. The summed E-state index contributed by atoms with van der Waals surface area (Å²) in [6.45, 7) is 0. The summed E-state index contributed by atoms with van der Waals surface area (Å²) in [4.78, 5) is 40.5. The molecule has 2 aromatic heterocycles. The molecular weight excluding hydrogens is 402 g/mol. The van der Waals surface area contributed by atoms with Crippen molar-refractivity contribution < 1.29 is 23.8 Å². The molecule has 4 rings (SSSR count). The lowest BCUT2D eigenvalue weighted by molar-refractivity contribution is -0.140. The van der Waals surface area contributed by atoms with Crippen LogP contribution in [-0.4, -0.2) is 30.3 Å². The number of hydrogen-bond acceptors (Lipinski definition) is 7. The number of aromatic amines is 1. The predicted molar refractivity (Wildman–Crippen MR) is 114 cm³/mol. The topological polar surface area (TPSA) is 119 Å². The van der Waals surface area contributed by atoms with E-state index in [0.29, 0.717) is 16.7 Å². The van der Waals surface area contributed by atoms with Crippen molar-refractivity contribution in [3.63, 3.8) is 0 Å². The van der Waals surface area contributed by atoms with E-state index in [-0.39, 0.29) is 28.7 Å². The van der Waals surface area contributed by atoms with Crippen LogP contribution in [0.3, 0.4) is 0 Å². The third-order valence-electron chi connectivity index (χ3n) is 5.17. The minimum absolute atomic E-state index is 0.150. The standard InChI is InChI=1S/C23H19NO7/c1-29-13-8-7-12-9-16(23(28)24-17(12)10-13)15(11-19(25)30-2)22-21(27)20(26)14-5-3-4-6-18(14)31-22/h3-10,15,27H,11H2,1-2H3,(H,24,28)/t15-/m1/s1. The minimum Gasteiger partial charge on any atom is -0.502 e. The zero-order chi connectivity index (χ0) is 22.1. The van der Waals surface area contributed by atoms with Crippen LogP contribution < -0.4 is 15.7 Å². The lowest BCUT2D eigenvalue weighted by Gasteiger charge is -2.17. The molecule has 0 fully saturated rings. The predicted octanol–water partition coefficient (Wildman–Crippen LogP) is 3.04. The minimum atomic E-state index is -1.04. The molecule has 4 aromatic rings. The summed E-state index contributed by atoms with van der Waals surface area (Å²) in [6.07, 6.45) is -0.309. The zero-order valence-corrected chi connectivity index (χ0v) is 16.8. The monoisotopic (exact) mass is 421 g/mol. The number of methoxy groups -OCH3 is 2. The number of nitrogens with one attached hydrogen (secondary N) is 1. The molecule has 2 aromatic carbocycles. The molecule has 0 amide bonds. The second-order valence-electron chi connectivity index (χ2n) is 6.98. The van der Waals surface area contributed by atoms with Gasteiger partial charge in [0.2, 0.25) is 11.2 Å². The second-order valence-corrected chi connectivity index (χ2v) is 6.98. The van der Waals surface area contributed by atoms with E-state index in [1.165, 1.54) is 20.3 Å². The van der Waals surface area contributed by atoms with E-state index in [2.05, 4.69) is 4.98 Å². The molecule has 0 unspecified atom stereocenters. The first-order chi connectivity index (χ1) is 14.9. The van der Waals surface area contributed by atoms with Gasteiger partial charge in [0.15, 0.2) is 5.76 Å². The van der Waals surface area contributed by atoms with Crippen LogP contribution in [0.2, 0.25) is 0 Å². The molecule has 31 heavy (non-hydrogen) atoms. The number of ether oxygens (including phenoxy) is 2. The fourth-order valence-electron chi connectivity index (χ4n) is 3.56. The average molecular weight is 421 g/mol.